The second-order valence-corrected chi connectivity index (χ2v) is 6.86. The molecule has 1 aromatic carbocycles. The predicted molar refractivity (Wildman–Crippen MR) is 104 cm³/mol. The van der Waals surface area contributed by atoms with Crippen LogP contribution < -0.4 is 4.90 Å². The number of piperazine rings is 1. The molecule has 0 N–H and O–H groups in total. The van der Waals surface area contributed by atoms with E-state index < -0.39 is 0 Å². The fraction of sp³-hybridized carbons (Fsp3) is 0.278. The van der Waals surface area contributed by atoms with E-state index in [0.717, 1.165) is 31.7 Å². The van der Waals surface area contributed by atoms with Crippen molar-refractivity contribution in [3.05, 3.63) is 58.7 Å². The highest BCUT2D eigenvalue weighted by molar-refractivity contribution is 7.71. The van der Waals surface area contributed by atoms with Gasteiger partial charge in [-0.3, -0.25) is 9.88 Å². The van der Waals surface area contributed by atoms with Gasteiger partial charge in [0.15, 0.2) is 0 Å². The molecule has 3 aromatic rings. The van der Waals surface area contributed by atoms with Crippen LogP contribution in [-0.2, 0) is 6.67 Å². The van der Waals surface area contributed by atoms with E-state index in [1.165, 1.54) is 5.69 Å². The number of rotatable bonds is 4. The molecule has 0 spiro atoms. The first-order chi connectivity index (χ1) is 12.7. The molecule has 1 saturated heterocycles. The Hall–Kier alpha value is -2.22. The van der Waals surface area contributed by atoms with E-state index in [9.17, 15) is 0 Å². The van der Waals surface area contributed by atoms with E-state index in [-0.39, 0.29) is 0 Å². The number of benzene rings is 1. The van der Waals surface area contributed by atoms with Crippen molar-refractivity contribution in [1.82, 2.24) is 19.7 Å². The molecule has 0 bridgehead atoms. The molecule has 26 heavy (non-hydrogen) atoms. The highest BCUT2D eigenvalue weighted by atomic mass is 35.5. The fourth-order valence-electron chi connectivity index (χ4n) is 3.03. The second-order valence-electron chi connectivity index (χ2n) is 6.10. The van der Waals surface area contributed by atoms with E-state index in [1.807, 2.05) is 48.8 Å². The molecule has 4 rings (SSSR count). The molecule has 2 aromatic heterocycles. The lowest BCUT2D eigenvalue weighted by molar-refractivity contribution is 0.192. The number of hydrogen-bond acceptors (Lipinski definition) is 6. The van der Waals surface area contributed by atoms with Gasteiger partial charge in [-0.25, -0.2) is 4.68 Å². The minimum absolute atomic E-state index is 0.358. The normalized spacial score (nSPS) is 15.3. The predicted octanol–water partition coefficient (Wildman–Crippen LogP) is 3.70. The first-order valence-corrected chi connectivity index (χ1v) is 9.19. The smallest absolute Gasteiger partial charge is 0.288 e. The summed E-state index contributed by atoms with van der Waals surface area (Å²) in [5.74, 6) is 0.455. The van der Waals surface area contributed by atoms with Gasteiger partial charge in [0.25, 0.3) is 4.84 Å². The zero-order chi connectivity index (χ0) is 17.9. The lowest BCUT2D eigenvalue weighted by Gasteiger charge is -2.35. The number of aromatic nitrogens is 3. The van der Waals surface area contributed by atoms with E-state index in [4.69, 9.17) is 28.2 Å². The summed E-state index contributed by atoms with van der Waals surface area (Å²) in [5.41, 5.74) is 1.96. The van der Waals surface area contributed by atoms with Crippen LogP contribution >= 0.6 is 23.8 Å². The van der Waals surface area contributed by atoms with Gasteiger partial charge in [-0.2, -0.15) is 0 Å². The van der Waals surface area contributed by atoms with Crippen molar-refractivity contribution in [1.29, 1.82) is 0 Å². The summed E-state index contributed by atoms with van der Waals surface area (Å²) in [6.45, 7) is 4.37. The Morgan fingerprint density at radius 1 is 1.04 bits per heavy atom. The van der Waals surface area contributed by atoms with Crippen LogP contribution in [0.4, 0.5) is 5.69 Å². The molecule has 8 heteroatoms. The fourth-order valence-corrected chi connectivity index (χ4v) is 3.42. The topological polar surface area (TPSA) is 50.3 Å². The van der Waals surface area contributed by atoms with Crippen LogP contribution in [-0.4, -0.2) is 45.8 Å². The summed E-state index contributed by atoms with van der Waals surface area (Å²) in [6, 6.07) is 11.5. The van der Waals surface area contributed by atoms with Gasteiger partial charge in [0.1, 0.15) is 0 Å². The number of hydrogen-bond donors (Lipinski definition) is 0. The standard InChI is InChI=1S/C18H18ClN5OS/c19-16-4-2-1-3-15(16)17-21-24(18(26)25-17)13-22-9-11-23(12-10-22)14-5-7-20-8-6-14/h1-8H,9-13H2. The minimum Gasteiger partial charge on any atom is -0.409 e. The van der Waals surface area contributed by atoms with Gasteiger partial charge < -0.3 is 9.32 Å². The zero-order valence-electron chi connectivity index (χ0n) is 14.1. The van der Waals surface area contributed by atoms with Gasteiger partial charge in [0, 0.05) is 44.3 Å². The SMILES string of the molecule is S=c1oc(-c2ccccc2Cl)nn1CN1CCN(c2ccncc2)CC1. The van der Waals surface area contributed by atoms with Crippen LogP contribution in [0.1, 0.15) is 0 Å². The lowest BCUT2D eigenvalue weighted by atomic mass is 10.2. The lowest BCUT2D eigenvalue weighted by Crippen LogP contribution is -2.46. The van der Waals surface area contributed by atoms with E-state index in [1.54, 1.807) is 4.68 Å². The summed E-state index contributed by atoms with van der Waals surface area (Å²) in [7, 11) is 0. The summed E-state index contributed by atoms with van der Waals surface area (Å²) in [5, 5.41) is 5.11. The Labute approximate surface area is 161 Å². The van der Waals surface area contributed by atoms with Crippen LogP contribution in [0.3, 0.4) is 0 Å². The third kappa shape index (κ3) is 3.65. The molecule has 1 fully saturated rings. The average Bonchev–Trinajstić information content (AvgIpc) is 3.04. The van der Waals surface area contributed by atoms with Crippen molar-refractivity contribution in [3.63, 3.8) is 0 Å². The Kier molecular flexibility index (Phi) is 5.01. The van der Waals surface area contributed by atoms with Crippen LogP contribution in [0.15, 0.2) is 53.2 Å². The van der Waals surface area contributed by atoms with Gasteiger partial charge >= 0.3 is 0 Å². The molecular weight excluding hydrogens is 370 g/mol. The van der Waals surface area contributed by atoms with Gasteiger partial charge in [-0.05, 0) is 36.5 Å². The molecule has 6 nitrogen and oxygen atoms in total. The highest BCUT2D eigenvalue weighted by Crippen LogP contribution is 2.26. The molecular formula is C18H18ClN5OS. The number of halogens is 1. The molecule has 0 radical (unpaired) electrons. The zero-order valence-corrected chi connectivity index (χ0v) is 15.7. The first-order valence-electron chi connectivity index (χ1n) is 8.41. The monoisotopic (exact) mass is 387 g/mol. The molecule has 0 aliphatic carbocycles. The van der Waals surface area contributed by atoms with Crippen molar-refractivity contribution < 1.29 is 4.42 Å². The Balaban J connectivity index is 1.43. The molecule has 0 atom stereocenters. The maximum Gasteiger partial charge on any atom is 0.288 e. The van der Waals surface area contributed by atoms with Gasteiger partial charge in [0.05, 0.1) is 17.3 Å². The average molecular weight is 388 g/mol. The van der Waals surface area contributed by atoms with E-state index >= 15 is 0 Å². The van der Waals surface area contributed by atoms with Gasteiger partial charge in [0.2, 0.25) is 5.89 Å². The first kappa shape index (κ1) is 17.2. The van der Waals surface area contributed by atoms with E-state index in [0.29, 0.717) is 22.4 Å². The summed E-state index contributed by atoms with van der Waals surface area (Å²) in [6.07, 6.45) is 3.65. The van der Waals surface area contributed by atoms with Crippen molar-refractivity contribution in [2.45, 2.75) is 6.67 Å². The molecule has 0 saturated carbocycles. The number of pyridine rings is 1. The third-order valence-electron chi connectivity index (χ3n) is 4.44. The van der Waals surface area contributed by atoms with Gasteiger partial charge in [-0.1, -0.05) is 23.7 Å². The number of nitrogens with zero attached hydrogens (tertiary/aromatic N) is 5. The summed E-state index contributed by atoms with van der Waals surface area (Å²) < 4.78 is 7.37. The third-order valence-corrected chi connectivity index (χ3v) is 5.07. The second kappa shape index (κ2) is 7.57. The van der Waals surface area contributed by atoms with E-state index in [2.05, 4.69) is 19.9 Å². The Bertz CT molecular complexity index is 934. The molecule has 134 valence electrons. The molecule has 3 heterocycles. The highest BCUT2D eigenvalue weighted by Gasteiger charge is 2.19. The summed E-state index contributed by atoms with van der Waals surface area (Å²) in [4.78, 5) is 9.10. The molecule has 0 amide bonds. The van der Waals surface area contributed by atoms with Crippen molar-refractivity contribution in [2.24, 2.45) is 0 Å². The number of anilines is 1. The molecule has 0 unspecified atom stereocenters. The minimum atomic E-state index is 0.358. The Morgan fingerprint density at radius 3 is 2.50 bits per heavy atom. The molecule has 1 aliphatic heterocycles. The van der Waals surface area contributed by atoms with Crippen molar-refractivity contribution in [2.75, 3.05) is 31.1 Å². The van der Waals surface area contributed by atoms with Crippen LogP contribution in [0.5, 0.6) is 0 Å². The maximum atomic E-state index is 6.22. The van der Waals surface area contributed by atoms with Crippen molar-refractivity contribution >= 4 is 29.5 Å². The van der Waals surface area contributed by atoms with Crippen LogP contribution in [0.25, 0.3) is 11.5 Å². The Morgan fingerprint density at radius 2 is 1.77 bits per heavy atom. The largest absolute Gasteiger partial charge is 0.409 e. The molecule has 1 aliphatic rings. The summed E-state index contributed by atoms with van der Waals surface area (Å²) >= 11 is 11.6. The quantitative estimate of drug-likeness (QED) is 0.636. The van der Waals surface area contributed by atoms with Crippen LogP contribution in [0, 0.1) is 4.84 Å². The van der Waals surface area contributed by atoms with Crippen molar-refractivity contribution in [3.8, 4) is 11.5 Å². The maximum absolute atomic E-state index is 6.22. The van der Waals surface area contributed by atoms with Gasteiger partial charge in [-0.15, -0.1) is 5.10 Å². The van der Waals surface area contributed by atoms with Crippen LogP contribution in [0.2, 0.25) is 5.02 Å².